The molecule has 0 saturated carbocycles. The van der Waals surface area contributed by atoms with Crippen molar-refractivity contribution in [3.63, 3.8) is 0 Å². The number of benzene rings is 2. The van der Waals surface area contributed by atoms with Crippen LogP contribution in [-0.2, 0) is 11.3 Å². The number of β-amino-alcohol motifs (C(OH)–C–C–N with tert-alkyl or cyclic N) is 1. The molecule has 2 heterocycles. The van der Waals surface area contributed by atoms with Crippen molar-refractivity contribution in [2.24, 2.45) is 0 Å². The Kier molecular flexibility index (Phi) is 7.40. The normalized spacial score (nSPS) is 18.2. The molecule has 2 atom stereocenters. The number of likely N-dealkylation sites (tertiary alicyclic amines) is 1. The van der Waals surface area contributed by atoms with Crippen LogP contribution in [0.25, 0.3) is 10.2 Å². The fraction of sp³-hybridized carbons (Fsp3) is 0.458. The number of piperidine rings is 1. The zero-order valence-electron chi connectivity index (χ0n) is 18.1. The van der Waals surface area contributed by atoms with Crippen LogP contribution in [0.5, 0.6) is 11.5 Å². The molecule has 0 amide bonds. The van der Waals surface area contributed by atoms with Crippen molar-refractivity contribution < 1.29 is 19.3 Å². The predicted molar refractivity (Wildman–Crippen MR) is 123 cm³/mol. The second-order valence-corrected chi connectivity index (χ2v) is 9.04. The second kappa shape index (κ2) is 10.4. The quantitative estimate of drug-likeness (QED) is 0.539. The number of ether oxygens (including phenoxy) is 3. The Bertz CT molecular complexity index is 960. The van der Waals surface area contributed by atoms with Crippen molar-refractivity contribution in [1.29, 1.82) is 0 Å². The average Bonchev–Trinajstić information content (AvgIpc) is 3.23. The summed E-state index contributed by atoms with van der Waals surface area (Å²) < 4.78 is 17.6. The van der Waals surface area contributed by atoms with Crippen molar-refractivity contribution >= 4 is 21.6 Å². The molecule has 1 fully saturated rings. The lowest BCUT2D eigenvalue weighted by Crippen LogP contribution is -2.40. The smallest absolute Gasteiger partial charge is 0.161 e. The summed E-state index contributed by atoms with van der Waals surface area (Å²) in [6, 6.07) is 14.0. The highest BCUT2D eigenvalue weighted by atomic mass is 32.1. The number of thiazole rings is 1. The first kappa shape index (κ1) is 22.0. The van der Waals surface area contributed by atoms with E-state index in [0.717, 1.165) is 37.0 Å². The lowest BCUT2D eigenvalue weighted by atomic mass is 9.98. The fourth-order valence-corrected chi connectivity index (χ4v) is 5.21. The van der Waals surface area contributed by atoms with Crippen LogP contribution >= 0.6 is 11.3 Å². The molecular weight excluding hydrogens is 412 g/mol. The molecule has 6 nitrogen and oxygen atoms in total. The lowest BCUT2D eigenvalue weighted by Gasteiger charge is -2.33. The molecule has 0 unspecified atom stereocenters. The zero-order valence-corrected chi connectivity index (χ0v) is 18.9. The number of para-hydroxylation sites is 1. The summed E-state index contributed by atoms with van der Waals surface area (Å²) >= 11 is 1.80. The monoisotopic (exact) mass is 442 g/mol. The van der Waals surface area contributed by atoms with Crippen molar-refractivity contribution in [3.05, 3.63) is 53.0 Å². The van der Waals surface area contributed by atoms with E-state index in [2.05, 4.69) is 23.1 Å². The van der Waals surface area contributed by atoms with Gasteiger partial charge >= 0.3 is 0 Å². The summed E-state index contributed by atoms with van der Waals surface area (Å²) in [4.78, 5) is 7.18. The van der Waals surface area contributed by atoms with E-state index < -0.39 is 6.10 Å². The maximum atomic E-state index is 10.5. The third-order valence-corrected chi connectivity index (χ3v) is 6.86. The van der Waals surface area contributed by atoms with Gasteiger partial charge in [0, 0.05) is 19.0 Å². The van der Waals surface area contributed by atoms with E-state index in [1.54, 1.807) is 25.6 Å². The number of hydrogen-bond donors (Lipinski definition) is 1. The molecule has 0 spiro atoms. The van der Waals surface area contributed by atoms with Gasteiger partial charge in [0.05, 0.1) is 48.8 Å². The van der Waals surface area contributed by atoms with Gasteiger partial charge in [-0.15, -0.1) is 11.3 Å². The second-order valence-electron chi connectivity index (χ2n) is 7.98. The SMILES string of the molecule is COc1ccc(COC[C@@H](O)CN2CCC[C@H](c3nc4ccccc4s3)C2)cc1OC. The van der Waals surface area contributed by atoms with E-state index in [4.69, 9.17) is 19.2 Å². The number of aromatic nitrogens is 1. The van der Waals surface area contributed by atoms with E-state index in [9.17, 15) is 5.11 Å². The van der Waals surface area contributed by atoms with E-state index in [0.29, 0.717) is 37.2 Å². The third-order valence-electron chi connectivity index (χ3n) is 5.66. The first-order valence-corrected chi connectivity index (χ1v) is 11.5. The largest absolute Gasteiger partial charge is 0.493 e. The fourth-order valence-electron chi connectivity index (χ4n) is 4.12. The average molecular weight is 443 g/mol. The summed E-state index contributed by atoms with van der Waals surface area (Å²) in [5.41, 5.74) is 2.07. The van der Waals surface area contributed by atoms with Crippen LogP contribution in [0.1, 0.15) is 29.3 Å². The molecular formula is C24H30N2O4S. The van der Waals surface area contributed by atoms with Crippen molar-refractivity contribution in [1.82, 2.24) is 9.88 Å². The number of aliphatic hydroxyl groups excluding tert-OH is 1. The van der Waals surface area contributed by atoms with Crippen molar-refractivity contribution in [3.8, 4) is 11.5 Å². The minimum Gasteiger partial charge on any atom is -0.493 e. The molecule has 1 aromatic heterocycles. The Morgan fingerprint density at radius 1 is 1.16 bits per heavy atom. The van der Waals surface area contributed by atoms with Crippen molar-refractivity contribution in [2.45, 2.75) is 31.5 Å². The Morgan fingerprint density at radius 3 is 2.81 bits per heavy atom. The van der Waals surface area contributed by atoms with Gasteiger partial charge in [0.15, 0.2) is 11.5 Å². The molecule has 0 radical (unpaired) electrons. The van der Waals surface area contributed by atoms with E-state index in [1.165, 1.54) is 9.71 Å². The highest BCUT2D eigenvalue weighted by molar-refractivity contribution is 7.18. The first-order chi connectivity index (χ1) is 15.2. The summed E-state index contributed by atoms with van der Waals surface area (Å²) in [6.45, 7) is 3.29. The third kappa shape index (κ3) is 5.54. The van der Waals surface area contributed by atoms with Crippen LogP contribution in [-0.4, -0.2) is 61.6 Å². The summed E-state index contributed by atoms with van der Waals surface area (Å²) in [5, 5.41) is 11.7. The van der Waals surface area contributed by atoms with Gasteiger partial charge in [-0.3, -0.25) is 4.90 Å². The van der Waals surface area contributed by atoms with Crippen LogP contribution in [0.15, 0.2) is 42.5 Å². The molecule has 2 aromatic carbocycles. The van der Waals surface area contributed by atoms with Crippen LogP contribution in [0.4, 0.5) is 0 Å². The standard InChI is InChI=1S/C24H30N2O4S/c1-28-21-10-9-17(12-22(21)29-2)15-30-16-19(27)14-26-11-5-6-18(13-26)24-25-20-7-3-4-8-23(20)31-24/h3-4,7-10,12,18-19,27H,5-6,11,13-16H2,1-2H3/t18-,19-/m0/s1. The Hall–Kier alpha value is -2.19. The Morgan fingerprint density at radius 2 is 2.00 bits per heavy atom. The molecule has 1 N–H and O–H groups in total. The number of nitrogens with zero attached hydrogens (tertiary/aromatic N) is 2. The lowest BCUT2D eigenvalue weighted by molar-refractivity contribution is 0.00567. The van der Waals surface area contributed by atoms with Crippen LogP contribution in [0.3, 0.4) is 0 Å². The number of fused-ring (bicyclic) bond motifs is 1. The van der Waals surface area contributed by atoms with Gasteiger partial charge in [-0.2, -0.15) is 0 Å². The molecule has 1 aliphatic heterocycles. The zero-order chi connectivity index (χ0) is 21.6. The Labute approximate surface area is 187 Å². The number of aliphatic hydroxyl groups is 1. The van der Waals surface area contributed by atoms with Gasteiger partial charge in [-0.05, 0) is 49.2 Å². The number of rotatable bonds is 9. The molecule has 0 bridgehead atoms. The van der Waals surface area contributed by atoms with Crippen LogP contribution in [0, 0.1) is 0 Å². The highest BCUT2D eigenvalue weighted by Crippen LogP contribution is 2.33. The maximum Gasteiger partial charge on any atom is 0.161 e. The number of methoxy groups -OCH3 is 2. The minimum absolute atomic E-state index is 0.302. The molecule has 4 rings (SSSR count). The van der Waals surface area contributed by atoms with E-state index >= 15 is 0 Å². The first-order valence-electron chi connectivity index (χ1n) is 10.7. The van der Waals surface area contributed by atoms with E-state index in [1.807, 2.05) is 24.3 Å². The topological polar surface area (TPSA) is 64.0 Å². The van der Waals surface area contributed by atoms with Gasteiger partial charge in [0.25, 0.3) is 0 Å². The van der Waals surface area contributed by atoms with Gasteiger partial charge in [0.2, 0.25) is 0 Å². The van der Waals surface area contributed by atoms with E-state index in [-0.39, 0.29) is 0 Å². The molecule has 7 heteroatoms. The summed E-state index contributed by atoms with van der Waals surface area (Å²) in [7, 11) is 3.23. The maximum absolute atomic E-state index is 10.5. The van der Waals surface area contributed by atoms with Crippen LogP contribution < -0.4 is 9.47 Å². The molecule has 166 valence electrons. The summed E-state index contributed by atoms with van der Waals surface area (Å²) in [6.07, 6.45) is 1.76. The predicted octanol–water partition coefficient (Wildman–Crippen LogP) is 4.07. The highest BCUT2D eigenvalue weighted by Gasteiger charge is 2.25. The molecule has 0 aliphatic carbocycles. The molecule has 1 saturated heterocycles. The molecule has 1 aliphatic rings. The minimum atomic E-state index is -0.519. The van der Waals surface area contributed by atoms with Crippen molar-refractivity contribution in [2.75, 3.05) is 40.5 Å². The summed E-state index contributed by atoms with van der Waals surface area (Å²) in [5.74, 6) is 1.81. The molecule has 31 heavy (non-hydrogen) atoms. The van der Waals surface area contributed by atoms with Gasteiger partial charge in [-0.25, -0.2) is 4.98 Å². The van der Waals surface area contributed by atoms with Gasteiger partial charge in [0.1, 0.15) is 0 Å². The van der Waals surface area contributed by atoms with Gasteiger partial charge in [-0.1, -0.05) is 18.2 Å². The molecule has 3 aromatic rings. The Balaban J connectivity index is 1.26. The van der Waals surface area contributed by atoms with Gasteiger partial charge < -0.3 is 19.3 Å². The van der Waals surface area contributed by atoms with Crippen LogP contribution in [0.2, 0.25) is 0 Å². The number of hydrogen-bond acceptors (Lipinski definition) is 7.